The number of carbonyl (C=O) groups is 1. The summed E-state index contributed by atoms with van der Waals surface area (Å²) in [7, 11) is 0. The zero-order chi connectivity index (χ0) is 13.4. The predicted octanol–water partition coefficient (Wildman–Crippen LogP) is 4.40. The normalized spacial score (nSPS) is 11.5. The van der Waals surface area contributed by atoms with Crippen LogP contribution in [0.2, 0.25) is 0 Å². The number of unbranched alkanes of at least 4 members (excludes halogenated alkanes) is 4. The van der Waals surface area contributed by atoms with E-state index in [-0.39, 0.29) is 0 Å². The molecular weight excluding hydrogens is 241 g/mol. The van der Waals surface area contributed by atoms with E-state index in [1.165, 1.54) is 12.1 Å². The molecule has 0 saturated carbocycles. The molecule has 1 aromatic rings. The van der Waals surface area contributed by atoms with Crippen LogP contribution in [0.1, 0.15) is 43.2 Å². The number of rotatable bonds is 7. The van der Waals surface area contributed by atoms with Crippen LogP contribution < -0.4 is 0 Å². The van der Waals surface area contributed by atoms with Gasteiger partial charge in [-0.05, 0) is 37.0 Å². The Labute approximate surface area is 105 Å². The molecule has 0 atom stereocenters. The summed E-state index contributed by atoms with van der Waals surface area (Å²) in [5.74, 6) is 0. The van der Waals surface area contributed by atoms with Gasteiger partial charge in [-0.25, -0.2) is 0 Å². The fourth-order valence-electron chi connectivity index (χ4n) is 1.77. The van der Waals surface area contributed by atoms with E-state index in [0.717, 1.165) is 56.1 Å². The van der Waals surface area contributed by atoms with Crippen molar-refractivity contribution in [1.29, 1.82) is 0 Å². The summed E-state index contributed by atoms with van der Waals surface area (Å²) in [5, 5.41) is 0. The molecular formula is C14H17F3O. The Morgan fingerprint density at radius 2 is 1.56 bits per heavy atom. The van der Waals surface area contributed by atoms with Crippen molar-refractivity contribution >= 4 is 6.29 Å². The van der Waals surface area contributed by atoms with E-state index >= 15 is 0 Å². The number of aryl methyl sites for hydroxylation is 1. The number of benzene rings is 1. The minimum absolute atomic E-state index is 0.597. The van der Waals surface area contributed by atoms with Crippen LogP contribution in [0.5, 0.6) is 0 Å². The van der Waals surface area contributed by atoms with Crippen molar-refractivity contribution < 1.29 is 18.0 Å². The lowest BCUT2D eigenvalue weighted by Crippen LogP contribution is -2.04. The third kappa shape index (κ3) is 5.34. The van der Waals surface area contributed by atoms with E-state index in [2.05, 4.69) is 0 Å². The lowest BCUT2D eigenvalue weighted by Gasteiger charge is -2.07. The van der Waals surface area contributed by atoms with Crippen LogP contribution in [0, 0.1) is 0 Å². The summed E-state index contributed by atoms with van der Waals surface area (Å²) in [5.41, 5.74) is 0.329. The maximum Gasteiger partial charge on any atom is 0.416 e. The minimum Gasteiger partial charge on any atom is -0.303 e. The Morgan fingerprint density at radius 3 is 2.11 bits per heavy atom. The first kappa shape index (κ1) is 14.7. The molecule has 0 amide bonds. The Bertz CT molecular complexity index is 354. The number of halogens is 3. The molecule has 1 nitrogen and oxygen atoms in total. The molecule has 18 heavy (non-hydrogen) atoms. The second-order valence-electron chi connectivity index (χ2n) is 4.31. The third-order valence-electron chi connectivity index (χ3n) is 2.82. The van der Waals surface area contributed by atoms with Crippen LogP contribution in [-0.2, 0) is 17.4 Å². The highest BCUT2D eigenvalue weighted by Crippen LogP contribution is 2.29. The lowest BCUT2D eigenvalue weighted by atomic mass is 10.0. The predicted molar refractivity (Wildman–Crippen MR) is 64.3 cm³/mol. The average Bonchev–Trinajstić information content (AvgIpc) is 2.33. The molecule has 0 bridgehead atoms. The van der Waals surface area contributed by atoms with Crippen molar-refractivity contribution in [2.45, 2.75) is 44.7 Å². The van der Waals surface area contributed by atoms with Crippen molar-refractivity contribution in [1.82, 2.24) is 0 Å². The molecule has 0 aliphatic carbocycles. The van der Waals surface area contributed by atoms with E-state index in [1.54, 1.807) is 0 Å². The van der Waals surface area contributed by atoms with Gasteiger partial charge in [0.2, 0.25) is 0 Å². The number of hydrogen-bond donors (Lipinski definition) is 0. The molecule has 0 heterocycles. The van der Waals surface area contributed by atoms with Gasteiger partial charge < -0.3 is 4.79 Å². The van der Waals surface area contributed by atoms with Crippen molar-refractivity contribution in [3.8, 4) is 0 Å². The Balaban J connectivity index is 2.29. The van der Waals surface area contributed by atoms with Gasteiger partial charge in [-0.1, -0.05) is 25.0 Å². The molecule has 0 saturated heterocycles. The van der Waals surface area contributed by atoms with Crippen LogP contribution in [0.3, 0.4) is 0 Å². The number of hydrogen-bond acceptors (Lipinski definition) is 1. The fraction of sp³-hybridized carbons (Fsp3) is 0.500. The highest BCUT2D eigenvalue weighted by atomic mass is 19.4. The third-order valence-corrected chi connectivity index (χ3v) is 2.82. The van der Waals surface area contributed by atoms with E-state index in [1.807, 2.05) is 0 Å². The molecule has 0 fully saturated rings. The van der Waals surface area contributed by atoms with Crippen molar-refractivity contribution in [3.05, 3.63) is 35.4 Å². The zero-order valence-electron chi connectivity index (χ0n) is 10.2. The maximum atomic E-state index is 12.3. The van der Waals surface area contributed by atoms with Crippen molar-refractivity contribution in [2.24, 2.45) is 0 Å². The molecule has 0 N–H and O–H groups in total. The molecule has 0 spiro atoms. The van der Waals surface area contributed by atoms with Crippen molar-refractivity contribution in [2.75, 3.05) is 0 Å². The highest BCUT2D eigenvalue weighted by Gasteiger charge is 2.29. The largest absolute Gasteiger partial charge is 0.416 e. The van der Waals surface area contributed by atoms with Gasteiger partial charge in [0, 0.05) is 6.42 Å². The smallest absolute Gasteiger partial charge is 0.303 e. The Hall–Kier alpha value is -1.32. The first-order valence-electron chi connectivity index (χ1n) is 6.14. The Kier molecular flexibility index (Phi) is 5.89. The van der Waals surface area contributed by atoms with Gasteiger partial charge >= 0.3 is 6.18 Å². The maximum absolute atomic E-state index is 12.3. The molecule has 0 radical (unpaired) electrons. The summed E-state index contributed by atoms with van der Waals surface area (Å²) < 4.78 is 36.9. The van der Waals surface area contributed by atoms with Gasteiger partial charge in [0.25, 0.3) is 0 Å². The van der Waals surface area contributed by atoms with Crippen LogP contribution >= 0.6 is 0 Å². The molecule has 100 valence electrons. The molecule has 0 aromatic heterocycles. The quantitative estimate of drug-likeness (QED) is 0.523. The molecule has 4 heteroatoms. The van der Waals surface area contributed by atoms with Gasteiger partial charge in [-0.15, -0.1) is 0 Å². The van der Waals surface area contributed by atoms with Crippen LogP contribution in [0.25, 0.3) is 0 Å². The van der Waals surface area contributed by atoms with E-state index in [4.69, 9.17) is 0 Å². The van der Waals surface area contributed by atoms with E-state index in [9.17, 15) is 18.0 Å². The Morgan fingerprint density at radius 1 is 0.944 bits per heavy atom. The first-order valence-corrected chi connectivity index (χ1v) is 6.14. The summed E-state index contributed by atoms with van der Waals surface area (Å²) in [6.07, 6.45) is 1.90. The number of aldehydes is 1. The van der Waals surface area contributed by atoms with Gasteiger partial charge in [0.05, 0.1) is 5.56 Å². The molecule has 0 unspecified atom stereocenters. The molecule has 0 aliphatic rings. The zero-order valence-corrected chi connectivity index (χ0v) is 10.2. The number of alkyl halides is 3. The SMILES string of the molecule is O=CCCCCCCc1ccc(C(F)(F)F)cc1. The van der Waals surface area contributed by atoms with Gasteiger partial charge in [0.1, 0.15) is 6.29 Å². The monoisotopic (exact) mass is 258 g/mol. The van der Waals surface area contributed by atoms with E-state index in [0.29, 0.717) is 6.42 Å². The van der Waals surface area contributed by atoms with Crippen LogP contribution in [0.15, 0.2) is 24.3 Å². The second kappa shape index (κ2) is 7.19. The number of carbonyl (C=O) groups excluding carboxylic acids is 1. The van der Waals surface area contributed by atoms with Crippen molar-refractivity contribution in [3.63, 3.8) is 0 Å². The summed E-state index contributed by atoms with van der Waals surface area (Å²) in [4.78, 5) is 10.1. The van der Waals surface area contributed by atoms with Crippen LogP contribution in [-0.4, -0.2) is 6.29 Å². The lowest BCUT2D eigenvalue weighted by molar-refractivity contribution is -0.137. The molecule has 1 aromatic carbocycles. The highest BCUT2D eigenvalue weighted by molar-refractivity contribution is 5.48. The summed E-state index contributed by atoms with van der Waals surface area (Å²) in [6.45, 7) is 0. The van der Waals surface area contributed by atoms with Gasteiger partial charge in [0.15, 0.2) is 0 Å². The average molecular weight is 258 g/mol. The molecule has 1 rings (SSSR count). The van der Waals surface area contributed by atoms with E-state index < -0.39 is 11.7 Å². The van der Waals surface area contributed by atoms with Gasteiger partial charge in [-0.2, -0.15) is 13.2 Å². The second-order valence-corrected chi connectivity index (χ2v) is 4.31. The topological polar surface area (TPSA) is 17.1 Å². The standard InChI is InChI=1S/C14H17F3O/c15-14(16,17)13-9-7-12(8-10-13)6-4-2-1-3-5-11-18/h7-11H,1-6H2. The molecule has 0 aliphatic heterocycles. The summed E-state index contributed by atoms with van der Waals surface area (Å²) >= 11 is 0. The van der Waals surface area contributed by atoms with Gasteiger partial charge in [-0.3, -0.25) is 0 Å². The summed E-state index contributed by atoms with van der Waals surface area (Å²) in [6, 6.07) is 5.33. The first-order chi connectivity index (χ1) is 8.54. The van der Waals surface area contributed by atoms with Crippen LogP contribution in [0.4, 0.5) is 13.2 Å². The fourth-order valence-corrected chi connectivity index (χ4v) is 1.77. The minimum atomic E-state index is -4.26.